The standard InChI is InChI=1S/C18H23N3O3/c1-11-19-16(24-21-11)13-9-7-6-8-12(13)15(22)20-14-10-18(4,23-5)17(14,2)3/h6-9,14H,10H2,1-5H3,(H,20,22). The molecule has 1 aliphatic rings. The van der Waals surface area contributed by atoms with Crippen LogP contribution >= 0.6 is 0 Å². The third kappa shape index (κ3) is 2.51. The fourth-order valence-corrected chi connectivity index (χ4v) is 3.23. The van der Waals surface area contributed by atoms with Crippen molar-refractivity contribution in [2.75, 3.05) is 7.11 Å². The number of hydrogen-bond acceptors (Lipinski definition) is 5. The summed E-state index contributed by atoms with van der Waals surface area (Å²) in [5.41, 5.74) is 0.798. The smallest absolute Gasteiger partial charge is 0.258 e. The second kappa shape index (κ2) is 5.70. The van der Waals surface area contributed by atoms with Gasteiger partial charge < -0.3 is 14.6 Å². The molecule has 1 amide bonds. The minimum absolute atomic E-state index is 0.0485. The molecule has 1 aromatic heterocycles. The molecule has 0 spiro atoms. The van der Waals surface area contributed by atoms with Crippen molar-refractivity contribution >= 4 is 5.91 Å². The Morgan fingerprint density at radius 1 is 1.33 bits per heavy atom. The molecule has 0 saturated heterocycles. The Hall–Kier alpha value is -2.21. The summed E-state index contributed by atoms with van der Waals surface area (Å²) in [6, 6.07) is 7.30. The summed E-state index contributed by atoms with van der Waals surface area (Å²) >= 11 is 0. The lowest BCUT2D eigenvalue weighted by molar-refractivity contribution is -0.177. The number of amides is 1. The van der Waals surface area contributed by atoms with Crippen molar-refractivity contribution in [1.29, 1.82) is 0 Å². The van der Waals surface area contributed by atoms with Crippen molar-refractivity contribution in [3.05, 3.63) is 35.7 Å². The van der Waals surface area contributed by atoms with E-state index in [9.17, 15) is 4.79 Å². The Balaban J connectivity index is 1.83. The van der Waals surface area contributed by atoms with Crippen LogP contribution in [0.3, 0.4) is 0 Å². The average Bonchev–Trinajstić information content (AvgIpc) is 3.00. The molecule has 2 unspecified atom stereocenters. The molecule has 1 aromatic carbocycles. The normalized spacial score (nSPS) is 25.1. The van der Waals surface area contributed by atoms with Crippen LogP contribution in [0, 0.1) is 12.3 Å². The van der Waals surface area contributed by atoms with Crippen molar-refractivity contribution in [3.8, 4) is 11.5 Å². The van der Waals surface area contributed by atoms with Crippen LogP contribution in [0.15, 0.2) is 28.8 Å². The van der Waals surface area contributed by atoms with E-state index in [1.54, 1.807) is 20.1 Å². The average molecular weight is 329 g/mol. The van der Waals surface area contributed by atoms with E-state index in [-0.39, 0.29) is 23.0 Å². The summed E-state index contributed by atoms with van der Waals surface area (Å²) < 4.78 is 10.8. The summed E-state index contributed by atoms with van der Waals surface area (Å²) in [4.78, 5) is 17.0. The Bertz CT molecular complexity index is 768. The number of aromatic nitrogens is 2. The van der Waals surface area contributed by atoms with E-state index in [0.29, 0.717) is 22.8 Å². The molecule has 1 fully saturated rings. The highest BCUT2D eigenvalue weighted by molar-refractivity contribution is 6.00. The molecule has 0 aliphatic heterocycles. The third-order valence-electron chi connectivity index (χ3n) is 5.51. The zero-order valence-corrected chi connectivity index (χ0v) is 14.7. The summed E-state index contributed by atoms with van der Waals surface area (Å²) in [5.74, 6) is 0.752. The molecule has 2 atom stereocenters. The van der Waals surface area contributed by atoms with E-state index in [2.05, 4.69) is 36.2 Å². The van der Waals surface area contributed by atoms with Crippen molar-refractivity contribution < 1.29 is 14.1 Å². The van der Waals surface area contributed by atoms with E-state index in [4.69, 9.17) is 9.26 Å². The van der Waals surface area contributed by atoms with Crippen LogP contribution in [0.25, 0.3) is 11.5 Å². The molecule has 0 radical (unpaired) electrons. The zero-order chi connectivity index (χ0) is 17.5. The maximum atomic E-state index is 12.8. The number of rotatable bonds is 4. The minimum atomic E-state index is -0.228. The Kier molecular flexibility index (Phi) is 3.95. The monoisotopic (exact) mass is 329 g/mol. The lowest BCUT2D eigenvalue weighted by Crippen LogP contribution is -2.68. The molecule has 2 aromatic rings. The second-order valence-corrected chi connectivity index (χ2v) is 7.08. The van der Waals surface area contributed by atoms with Gasteiger partial charge in [-0.1, -0.05) is 31.1 Å². The Morgan fingerprint density at radius 3 is 2.62 bits per heavy atom. The lowest BCUT2D eigenvalue weighted by atomic mass is 9.56. The number of aryl methyl sites for hydroxylation is 1. The molecule has 6 heteroatoms. The van der Waals surface area contributed by atoms with Gasteiger partial charge in [-0.25, -0.2) is 0 Å². The number of nitrogens with one attached hydrogen (secondary N) is 1. The van der Waals surface area contributed by atoms with E-state index >= 15 is 0 Å². The van der Waals surface area contributed by atoms with Crippen LogP contribution in [-0.2, 0) is 4.74 Å². The zero-order valence-electron chi connectivity index (χ0n) is 14.7. The van der Waals surface area contributed by atoms with Crippen molar-refractivity contribution in [1.82, 2.24) is 15.5 Å². The van der Waals surface area contributed by atoms with Crippen LogP contribution < -0.4 is 5.32 Å². The summed E-state index contributed by atoms with van der Waals surface area (Å²) in [5, 5.41) is 6.92. The van der Waals surface area contributed by atoms with Crippen LogP contribution in [0.1, 0.15) is 43.4 Å². The molecular weight excluding hydrogens is 306 g/mol. The topological polar surface area (TPSA) is 77.2 Å². The van der Waals surface area contributed by atoms with E-state index in [0.717, 1.165) is 6.42 Å². The van der Waals surface area contributed by atoms with Crippen molar-refractivity contribution in [2.45, 2.75) is 45.8 Å². The van der Waals surface area contributed by atoms with Gasteiger partial charge in [0.15, 0.2) is 5.82 Å². The largest absolute Gasteiger partial charge is 0.378 e. The molecule has 1 N–H and O–H groups in total. The van der Waals surface area contributed by atoms with Gasteiger partial charge in [0.1, 0.15) is 0 Å². The van der Waals surface area contributed by atoms with Crippen LogP contribution in [-0.4, -0.2) is 34.8 Å². The summed E-state index contributed by atoms with van der Waals surface area (Å²) in [6.45, 7) is 8.04. The lowest BCUT2D eigenvalue weighted by Gasteiger charge is -2.59. The van der Waals surface area contributed by atoms with E-state index in [1.165, 1.54) is 0 Å². The number of ether oxygens (including phenoxy) is 1. The van der Waals surface area contributed by atoms with E-state index < -0.39 is 0 Å². The van der Waals surface area contributed by atoms with Crippen LogP contribution in [0.5, 0.6) is 0 Å². The highest BCUT2D eigenvalue weighted by Crippen LogP contribution is 2.51. The highest BCUT2D eigenvalue weighted by Gasteiger charge is 2.58. The van der Waals surface area contributed by atoms with Gasteiger partial charge in [-0.05, 0) is 32.4 Å². The molecule has 6 nitrogen and oxygen atoms in total. The van der Waals surface area contributed by atoms with Crippen molar-refractivity contribution in [2.24, 2.45) is 5.41 Å². The number of benzene rings is 1. The first-order chi connectivity index (χ1) is 11.3. The molecule has 24 heavy (non-hydrogen) atoms. The minimum Gasteiger partial charge on any atom is -0.378 e. The SMILES string of the molecule is COC1(C)CC(NC(=O)c2ccccc2-c2nc(C)no2)C1(C)C. The fourth-order valence-electron chi connectivity index (χ4n) is 3.23. The number of carbonyl (C=O) groups excluding carboxylic acids is 1. The van der Waals surface area contributed by atoms with Gasteiger partial charge in [0.05, 0.1) is 16.7 Å². The number of carbonyl (C=O) groups is 1. The van der Waals surface area contributed by atoms with Gasteiger partial charge in [0.2, 0.25) is 0 Å². The Labute approximate surface area is 141 Å². The van der Waals surface area contributed by atoms with Gasteiger partial charge in [-0.3, -0.25) is 4.79 Å². The molecule has 128 valence electrons. The maximum absolute atomic E-state index is 12.8. The molecule has 1 saturated carbocycles. The summed E-state index contributed by atoms with van der Waals surface area (Å²) in [7, 11) is 1.72. The first-order valence-electron chi connectivity index (χ1n) is 8.04. The molecule has 1 heterocycles. The maximum Gasteiger partial charge on any atom is 0.258 e. The summed E-state index contributed by atoms with van der Waals surface area (Å²) in [6.07, 6.45) is 0.782. The van der Waals surface area contributed by atoms with Gasteiger partial charge in [0, 0.05) is 18.6 Å². The quantitative estimate of drug-likeness (QED) is 0.933. The molecule has 0 bridgehead atoms. The third-order valence-corrected chi connectivity index (χ3v) is 5.51. The van der Waals surface area contributed by atoms with Crippen LogP contribution in [0.2, 0.25) is 0 Å². The number of hydrogen-bond donors (Lipinski definition) is 1. The predicted octanol–water partition coefficient (Wildman–Crippen LogP) is 2.98. The number of nitrogens with zero attached hydrogens (tertiary/aromatic N) is 2. The van der Waals surface area contributed by atoms with Crippen molar-refractivity contribution in [3.63, 3.8) is 0 Å². The second-order valence-electron chi connectivity index (χ2n) is 7.08. The first kappa shape index (κ1) is 16.6. The highest BCUT2D eigenvalue weighted by atomic mass is 16.5. The molecule has 1 aliphatic carbocycles. The first-order valence-corrected chi connectivity index (χ1v) is 8.04. The Morgan fingerprint density at radius 2 is 2.04 bits per heavy atom. The molecule has 3 rings (SSSR count). The van der Waals surface area contributed by atoms with Gasteiger partial charge in [-0.2, -0.15) is 4.98 Å². The molecular formula is C18H23N3O3. The van der Waals surface area contributed by atoms with Gasteiger partial charge in [-0.15, -0.1) is 0 Å². The number of methoxy groups -OCH3 is 1. The van der Waals surface area contributed by atoms with Gasteiger partial charge in [0.25, 0.3) is 11.8 Å². The van der Waals surface area contributed by atoms with Gasteiger partial charge >= 0.3 is 0 Å². The predicted molar refractivity (Wildman–Crippen MR) is 89.5 cm³/mol. The van der Waals surface area contributed by atoms with E-state index in [1.807, 2.05) is 18.2 Å². The van der Waals surface area contributed by atoms with Crippen LogP contribution in [0.4, 0.5) is 0 Å². The fraction of sp³-hybridized carbons (Fsp3) is 0.500.